The molecular weight excluding hydrogens is 792 g/mol. The molecule has 2 aromatic carbocycles. The lowest BCUT2D eigenvalue weighted by molar-refractivity contribution is -0.139. The van der Waals surface area contributed by atoms with Crippen molar-refractivity contribution in [1.82, 2.24) is 10.6 Å². The fourth-order valence-corrected chi connectivity index (χ4v) is 8.37. The van der Waals surface area contributed by atoms with Gasteiger partial charge in [0.25, 0.3) is 0 Å². The zero-order chi connectivity index (χ0) is 43.9. The summed E-state index contributed by atoms with van der Waals surface area (Å²) < 4.78 is 5.85. The molecule has 0 heterocycles. The second-order valence-corrected chi connectivity index (χ2v) is 18.1. The Morgan fingerprint density at radius 1 is 0.452 bits per heavy atom. The summed E-state index contributed by atoms with van der Waals surface area (Å²) in [6.07, 6.45) is 43.1. The molecule has 0 aliphatic carbocycles. The van der Waals surface area contributed by atoms with Crippen LogP contribution in [0.15, 0.2) is 48.5 Å². The minimum Gasteiger partial charge on any atom is -0.508 e. The van der Waals surface area contributed by atoms with Gasteiger partial charge in [-0.1, -0.05) is 231 Å². The highest BCUT2D eigenvalue weighted by molar-refractivity contribution is 5.85. The Labute approximate surface area is 386 Å². The molecule has 0 unspecified atom stereocenters. The number of nitrogens with one attached hydrogen (secondary N) is 2. The molecule has 0 saturated carbocycles. The van der Waals surface area contributed by atoms with Gasteiger partial charge < -0.3 is 25.6 Å². The van der Waals surface area contributed by atoms with Crippen molar-refractivity contribution in [2.45, 2.75) is 244 Å². The number of benzene rings is 2. The van der Waals surface area contributed by atoms with Gasteiger partial charge in [0.05, 0.1) is 0 Å². The number of carbonyl (C=O) groups is 2. The van der Waals surface area contributed by atoms with Crippen molar-refractivity contribution < 1.29 is 24.5 Å². The second kappa shape index (κ2) is 41.1. The minimum absolute atomic E-state index is 0. The highest BCUT2D eigenvalue weighted by Gasteiger charge is 2.22. The van der Waals surface area contributed by atoms with E-state index in [0.29, 0.717) is 25.1 Å². The average molecular weight is 886 g/mol. The van der Waals surface area contributed by atoms with E-state index in [-0.39, 0.29) is 24.1 Å². The molecule has 0 spiro atoms. The Hall–Kier alpha value is -2.61. The first-order valence-electron chi connectivity index (χ1n) is 25.7. The maximum absolute atomic E-state index is 13.5. The first-order chi connectivity index (χ1) is 29.9. The van der Waals surface area contributed by atoms with Crippen molar-refractivity contribution in [3.63, 3.8) is 0 Å². The van der Waals surface area contributed by atoms with Crippen LogP contribution in [0.3, 0.4) is 0 Å². The molecule has 0 aliphatic heterocycles. The maximum atomic E-state index is 13.5. The number of ether oxygens (including phenoxy) is 1. The van der Waals surface area contributed by atoms with Crippen molar-refractivity contribution in [2.24, 2.45) is 0 Å². The number of hydrogen-bond acceptors (Lipinski definition) is 6. The lowest BCUT2D eigenvalue weighted by Gasteiger charge is -2.18. The molecule has 2 atom stereocenters. The molecule has 7 nitrogen and oxygen atoms in total. The first kappa shape index (κ1) is 57.4. The number of unbranched alkanes of at least 4 members (excludes halogenated alkanes) is 30. The van der Waals surface area contributed by atoms with E-state index in [2.05, 4.69) is 24.5 Å². The molecule has 2 rings (SSSR count). The van der Waals surface area contributed by atoms with E-state index in [1.54, 1.807) is 24.3 Å². The molecule has 2 aromatic rings. The molecule has 0 amide bonds. The normalized spacial score (nSPS) is 12.2. The van der Waals surface area contributed by atoms with Crippen LogP contribution in [0.1, 0.15) is 230 Å². The second-order valence-electron chi connectivity index (χ2n) is 18.1. The number of halogens is 1. The average Bonchev–Trinajstić information content (AvgIpc) is 3.26. The third kappa shape index (κ3) is 32.1. The molecule has 62 heavy (non-hydrogen) atoms. The van der Waals surface area contributed by atoms with Crippen LogP contribution in [-0.4, -0.2) is 47.3 Å². The number of carboxylic acids is 1. The number of phenols is 1. The molecular formula is C54H93ClN2O5. The van der Waals surface area contributed by atoms with E-state index in [9.17, 15) is 19.8 Å². The molecule has 356 valence electrons. The molecule has 0 fully saturated rings. The third-order valence-corrected chi connectivity index (χ3v) is 12.4. The van der Waals surface area contributed by atoms with Crippen molar-refractivity contribution in [3.8, 4) is 11.5 Å². The van der Waals surface area contributed by atoms with Gasteiger partial charge in [0.15, 0.2) is 0 Å². The number of aliphatic carboxylic acids is 1. The van der Waals surface area contributed by atoms with Crippen LogP contribution >= 0.6 is 12.4 Å². The van der Waals surface area contributed by atoms with Gasteiger partial charge in [0.1, 0.15) is 23.6 Å². The lowest BCUT2D eigenvalue weighted by atomic mass is 10.0. The van der Waals surface area contributed by atoms with Crippen LogP contribution < -0.4 is 15.4 Å². The fourth-order valence-electron chi connectivity index (χ4n) is 8.37. The molecule has 0 radical (unpaired) electrons. The van der Waals surface area contributed by atoms with Crippen LogP contribution in [0.4, 0.5) is 0 Å². The van der Waals surface area contributed by atoms with Crippen molar-refractivity contribution in [1.29, 1.82) is 0 Å². The summed E-state index contributed by atoms with van der Waals surface area (Å²) in [5, 5.41) is 26.4. The Morgan fingerprint density at radius 3 is 1.08 bits per heavy atom. The van der Waals surface area contributed by atoms with E-state index < -0.39 is 18.1 Å². The molecule has 0 aliphatic rings. The van der Waals surface area contributed by atoms with E-state index in [1.807, 2.05) is 24.3 Å². The fraction of sp³-hybridized carbons (Fsp3) is 0.741. The quantitative estimate of drug-likeness (QED) is 0.0298. The van der Waals surface area contributed by atoms with Crippen LogP contribution in [0.25, 0.3) is 0 Å². The summed E-state index contributed by atoms with van der Waals surface area (Å²) in [4.78, 5) is 25.5. The Morgan fingerprint density at radius 2 is 0.742 bits per heavy atom. The first-order valence-corrected chi connectivity index (χ1v) is 25.7. The summed E-state index contributed by atoms with van der Waals surface area (Å²) in [7, 11) is 0. The highest BCUT2D eigenvalue weighted by Crippen LogP contribution is 2.19. The number of rotatable bonds is 43. The number of carboxylic acid groups (broad SMARTS) is 1. The van der Waals surface area contributed by atoms with Crippen LogP contribution in [0.5, 0.6) is 11.5 Å². The van der Waals surface area contributed by atoms with Gasteiger partial charge in [-0.25, -0.2) is 4.79 Å². The van der Waals surface area contributed by atoms with Crippen LogP contribution in [0, 0.1) is 0 Å². The van der Waals surface area contributed by atoms with Crippen molar-refractivity contribution >= 4 is 24.3 Å². The van der Waals surface area contributed by atoms with Gasteiger partial charge in [-0.05, 0) is 74.2 Å². The summed E-state index contributed by atoms with van der Waals surface area (Å²) in [6.45, 7) is 5.98. The predicted molar refractivity (Wildman–Crippen MR) is 265 cm³/mol. The number of esters is 1. The van der Waals surface area contributed by atoms with Crippen molar-refractivity contribution in [3.05, 3.63) is 59.7 Å². The van der Waals surface area contributed by atoms with Crippen LogP contribution in [0.2, 0.25) is 0 Å². The molecule has 0 aromatic heterocycles. The SMILES string of the molecule is CCCCCCCCCCCCCCCCCCN[C@@H](Cc1ccc(OC(=O)[C@H](Cc2ccc(O)cc2)NCCCCCCCCCCCCCCCCCC)cc1)C(=O)O.Cl. The van der Waals surface area contributed by atoms with Gasteiger partial charge in [0, 0.05) is 0 Å². The Balaban J connectivity index is 0.0000192. The van der Waals surface area contributed by atoms with Gasteiger partial charge >= 0.3 is 11.9 Å². The third-order valence-electron chi connectivity index (χ3n) is 12.4. The van der Waals surface area contributed by atoms with E-state index in [0.717, 1.165) is 43.4 Å². The Kier molecular flexibility index (Phi) is 38.1. The van der Waals surface area contributed by atoms with E-state index >= 15 is 0 Å². The number of phenolic OH excluding ortho intramolecular Hbond substituents is 1. The lowest BCUT2D eigenvalue weighted by Crippen LogP contribution is -2.41. The zero-order valence-corrected chi connectivity index (χ0v) is 40.6. The standard InChI is InChI=1S/C54H92N2O5.ClH/c1-3-5-7-9-11-13-15-17-19-21-23-25-27-29-31-33-43-55-51(53(58)59)45-48-37-41-50(42-38-48)61-54(60)52(46-47-35-39-49(57)40-36-47)56-44-34-32-30-28-26-24-22-20-18-16-14-12-10-8-6-4-2;/h35-42,51-52,55-57H,3-34,43-46H2,1-2H3,(H,58,59);1H/t51-,52-;/m0./s1. The molecule has 8 heteroatoms. The highest BCUT2D eigenvalue weighted by atomic mass is 35.5. The van der Waals surface area contributed by atoms with Gasteiger partial charge in [-0.2, -0.15) is 0 Å². The van der Waals surface area contributed by atoms with Crippen LogP contribution in [-0.2, 0) is 22.4 Å². The topological polar surface area (TPSA) is 108 Å². The zero-order valence-electron chi connectivity index (χ0n) is 39.8. The Bertz CT molecular complexity index is 1310. The summed E-state index contributed by atoms with van der Waals surface area (Å²) in [5.41, 5.74) is 1.83. The smallest absolute Gasteiger partial charge is 0.328 e. The van der Waals surface area contributed by atoms with E-state index in [1.165, 1.54) is 180 Å². The number of carbonyl (C=O) groups excluding carboxylic acids is 1. The molecule has 4 N–H and O–H groups in total. The van der Waals surface area contributed by atoms with Crippen molar-refractivity contribution in [2.75, 3.05) is 13.1 Å². The number of aromatic hydroxyl groups is 1. The summed E-state index contributed by atoms with van der Waals surface area (Å²) in [6, 6.07) is 13.0. The van der Waals surface area contributed by atoms with Gasteiger partial charge in [-0.15, -0.1) is 12.4 Å². The monoisotopic (exact) mass is 885 g/mol. The van der Waals surface area contributed by atoms with Gasteiger partial charge in [0.2, 0.25) is 0 Å². The minimum atomic E-state index is -0.848. The summed E-state index contributed by atoms with van der Waals surface area (Å²) in [5.74, 6) is -0.549. The largest absolute Gasteiger partial charge is 0.508 e. The molecule has 0 saturated heterocycles. The van der Waals surface area contributed by atoms with E-state index in [4.69, 9.17) is 4.74 Å². The predicted octanol–water partition coefficient (Wildman–Crippen LogP) is 15.0. The maximum Gasteiger partial charge on any atom is 0.328 e. The number of hydrogen-bond donors (Lipinski definition) is 4. The molecule has 0 bridgehead atoms. The summed E-state index contributed by atoms with van der Waals surface area (Å²) >= 11 is 0. The van der Waals surface area contributed by atoms with Gasteiger partial charge in [-0.3, -0.25) is 4.79 Å².